The van der Waals surface area contributed by atoms with Gasteiger partial charge in [0.05, 0.1) is 12.7 Å². The molecule has 2 aromatic rings. The zero-order chi connectivity index (χ0) is 19.6. The van der Waals surface area contributed by atoms with E-state index in [0.717, 1.165) is 16.5 Å². The quantitative estimate of drug-likeness (QED) is 0.782. The Morgan fingerprint density at radius 3 is 2.61 bits per heavy atom. The molecule has 0 spiro atoms. The molecule has 0 radical (unpaired) electrons. The van der Waals surface area contributed by atoms with E-state index in [1.54, 1.807) is 0 Å². The van der Waals surface area contributed by atoms with Crippen LogP contribution in [0.25, 0.3) is 11.0 Å². The molecule has 1 atom stereocenters. The van der Waals surface area contributed by atoms with Gasteiger partial charge in [-0.15, -0.1) is 12.4 Å². The zero-order valence-electron chi connectivity index (χ0n) is 15.9. The van der Waals surface area contributed by atoms with E-state index >= 15 is 0 Å². The molecule has 1 aliphatic rings. The smallest absolute Gasteiger partial charge is 0.405 e. The van der Waals surface area contributed by atoms with Crippen molar-refractivity contribution in [3.8, 4) is 0 Å². The molecule has 2 heterocycles. The highest BCUT2D eigenvalue weighted by Gasteiger charge is 2.43. The maximum Gasteiger partial charge on any atom is 0.405 e. The number of furan rings is 1. The van der Waals surface area contributed by atoms with Crippen molar-refractivity contribution in [1.82, 2.24) is 15.5 Å². The average Bonchev–Trinajstić information content (AvgIpc) is 3.01. The molecule has 1 aromatic heterocycles. The molecule has 0 bridgehead atoms. The zero-order valence-corrected chi connectivity index (χ0v) is 16.7. The molecule has 1 amide bonds. The first-order valence-electron chi connectivity index (χ1n) is 9.02. The number of nitrogens with one attached hydrogen (secondary N) is 2. The third-order valence-electron chi connectivity index (χ3n) is 5.16. The Morgan fingerprint density at radius 2 is 1.96 bits per heavy atom. The number of aryl methyl sites for hydroxylation is 2. The summed E-state index contributed by atoms with van der Waals surface area (Å²) < 4.78 is 45.7. The fourth-order valence-corrected chi connectivity index (χ4v) is 3.42. The average molecular weight is 420 g/mol. The van der Waals surface area contributed by atoms with Gasteiger partial charge in [0.25, 0.3) is 0 Å². The third-order valence-corrected chi connectivity index (χ3v) is 5.16. The van der Waals surface area contributed by atoms with Crippen LogP contribution in [0, 0.1) is 13.8 Å². The molecular formula is C19H25ClF3N3O2. The fourth-order valence-electron chi connectivity index (χ4n) is 3.42. The van der Waals surface area contributed by atoms with E-state index in [-0.39, 0.29) is 18.8 Å². The number of rotatable bonds is 5. The lowest BCUT2D eigenvalue weighted by atomic mass is 10.0. The van der Waals surface area contributed by atoms with E-state index in [1.165, 1.54) is 11.2 Å². The van der Waals surface area contributed by atoms with Crippen molar-refractivity contribution in [1.29, 1.82) is 0 Å². The highest BCUT2D eigenvalue weighted by Crippen LogP contribution is 2.27. The van der Waals surface area contributed by atoms with Crippen molar-refractivity contribution in [2.24, 2.45) is 0 Å². The van der Waals surface area contributed by atoms with Crippen LogP contribution >= 0.6 is 12.4 Å². The molecule has 1 saturated heterocycles. The van der Waals surface area contributed by atoms with Gasteiger partial charge in [-0.25, -0.2) is 0 Å². The summed E-state index contributed by atoms with van der Waals surface area (Å²) in [6, 6.07) is 2.15. The van der Waals surface area contributed by atoms with E-state index in [1.807, 2.05) is 26.0 Å². The second kappa shape index (κ2) is 9.15. The first kappa shape index (κ1) is 22.5. The number of carbonyl (C=O) groups excluding carboxylic acids is 1. The lowest BCUT2D eigenvalue weighted by molar-refractivity contribution is -0.184. The van der Waals surface area contributed by atoms with Crippen LogP contribution in [0.3, 0.4) is 0 Å². The Hall–Kier alpha value is -1.77. The lowest BCUT2D eigenvalue weighted by Crippen LogP contribution is -2.57. The van der Waals surface area contributed by atoms with E-state index < -0.39 is 24.7 Å². The Labute approximate surface area is 168 Å². The molecule has 28 heavy (non-hydrogen) atoms. The van der Waals surface area contributed by atoms with Gasteiger partial charge in [-0.3, -0.25) is 9.69 Å². The van der Waals surface area contributed by atoms with Crippen LogP contribution in [-0.2, 0) is 11.2 Å². The lowest BCUT2D eigenvalue weighted by Gasteiger charge is -2.35. The largest absolute Gasteiger partial charge is 0.464 e. The summed E-state index contributed by atoms with van der Waals surface area (Å²) in [6.07, 6.45) is -2.89. The second-order valence-electron chi connectivity index (χ2n) is 6.97. The fraction of sp³-hybridized carbons (Fsp3) is 0.526. The number of alkyl halides is 3. The molecule has 0 saturated carbocycles. The maximum absolute atomic E-state index is 13.4. The number of halogens is 4. The van der Waals surface area contributed by atoms with Gasteiger partial charge in [-0.1, -0.05) is 12.1 Å². The Kier molecular flexibility index (Phi) is 7.36. The third kappa shape index (κ3) is 4.98. The predicted molar refractivity (Wildman–Crippen MR) is 104 cm³/mol. The number of hydrogen-bond acceptors (Lipinski definition) is 4. The van der Waals surface area contributed by atoms with Crippen LogP contribution in [0.1, 0.15) is 16.7 Å². The standard InChI is InChI=1S/C19H24F3N3O2.ClH/c1-12-3-4-15-14(11-27-18(15)13(12)2)9-17(26)24-10-16(19(20,21)22)25-7-5-23-6-8-25;/h3-4,11,16,23H,5-10H2,1-2H3,(H,24,26);1H. The van der Waals surface area contributed by atoms with Crippen LogP contribution < -0.4 is 10.6 Å². The van der Waals surface area contributed by atoms with Gasteiger partial charge >= 0.3 is 6.18 Å². The molecule has 1 aromatic carbocycles. The van der Waals surface area contributed by atoms with Crippen LogP contribution in [-0.4, -0.2) is 55.7 Å². The van der Waals surface area contributed by atoms with Gasteiger partial charge in [0.15, 0.2) is 0 Å². The minimum Gasteiger partial charge on any atom is -0.464 e. The minimum absolute atomic E-state index is 0. The van der Waals surface area contributed by atoms with Crippen molar-refractivity contribution < 1.29 is 22.4 Å². The summed E-state index contributed by atoms with van der Waals surface area (Å²) in [5.41, 5.74) is 3.47. The van der Waals surface area contributed by atoms with Gasteiger partial charge in [0, 0.05) is 43.7 Å². The Bertz CT molecular complexity index is 817. The number of nitrogens with zero attached hydrogens (tertiary/aromatic N) is 1. The highest BCUT2D eigenvalue weighted by molar-refractivity contribution is 5.89. The number of carbonyl (C=O) groups is 1. The van der Waals surface area contributed by atoms with Crippen molar-refractivity contribution >= 4 is 29.3 Å². The predicted octanol–water partition coefficient (Wildman–Crippen LogP) is 2.97. The summed E-state index contributed by atoms with van der Waals surface area (Å²) in [5, 5.41) is 6.31. The molecule has 0 aliphatic carbocycles. The summed E-state index contributed by atoms with van der Waals surface area (Å²) in [4.78, 5) is 13.6. The minimum atomic E-state index is -4.39. The van der Waals surface area contributed by atoms with E-state index in [2.05, 4.69) is 10.6 Å². The van der Waals surface area contributed by atoms with Crippen LogP contribution in [0.15, 0.2) is 22.8 Å². The second-order valence-corrected chi connectivity index (χ2v) is 6.97. The molecule has 5 nitrogen and oxygen atoms in total. The number of benzene rings is 1. The molecule has 156 valence electrons. The van der Waals surface area contributed by atoms with Gasteiger partial charge in [-0.2, -0.15) is 13.2 Å². The van der Waals surface area contributed by atoms with Crippen LogP contribution in [0.2, 0.25) is 0 Å². The normalized spacial score (nSPS) is 16.6. The van der Waals surface area contributed by atoms with Crippen molar-refractivity contribution in [2.45, 2.75) is 32.5 Å². The summed E-state index contributed by atoms with van der Waals surface area (Å²) >= 11 is 0. The molecule has 1 aliphatic heterocycles. The van der Waals surface area contributed by atoms with Crippen molar-refractivity contribution in [3.63, 3.8) is 0 Å². The first-order chi connectivity index (χ1) is 12.8. The summed E-state index contributed by atoms with van der Waals surface area (Å²) in [5.74, 6) is -0.444. The molecule has 1 unspecified atom stereocenters. The van der Waals surface area contributed by atoms with Gasteiger partial charge < -0.3 is 15.1 Å². The van der Waals surface area contributed by atoms with E-state index in [9.17, 15) is 18.0 Å². The molecule has 3 rings (SSSR count). The number of amides is 1. The topological polar surface area (TPSA) is 57.5 Å². The SMILES string of the molecule is Cc1ccc2c(CC(=O)NCC(N3CCNCC3)C(F)(F)F)coc2c1C.Cl. The Morgan fingerprint density at radius 1 is 1.29 bits per heavy atom. The summed E-state index contributed by atoms with van der Waals surface area (Å²) in [7, 11) is 0. The highest BCUT2D eigenvalue weighted by atomic mass is 35.5. The van der Waals surface area contributed by atoms with Crippen molar-refractivity contribution in [3.05, 3.63) is 35.1 Å². The number of fused-ring (bicyclic) bond motifs is 1. The van der Waals surface area contributed by atoms with E-state index in [4.69, 9.17) is 4.42 Å². The van der Waals surface area contributed by atoms with Gasteiger partial charge in [0.1, 0.15) is 11.6 Å². The first-order valence-corrected chi connectivity index (χ1v) is 9.02. The molecular weight excluding hydrogens is 395 g/mol. The van der Waals surface area contributed by atoms with Crippen molar-refractivity contribution in [2.75, 3.05) is 32.7 Å². The maximum atomic E-state index is 13.4. The Balaban J connectivity index is 0.00000280. The van der Waals surface area contributed by atoms with Gasteiger partial charge in [0.2, 0.25) is 5.91 Å². The van der Waals surface area contributed by atoms with Gasteiger partial charge in [-0.05, 0) is 25.0 Å². The molecule has 2 N–H and O–H groups in total. The summed E-state index contributed by atoms with van der Waals surface area (Å²) in [6.45, 7) is 5.11. The number of hydrogen-bond donors (Lipinski definition) is 2. The van der Waals surface area contributed by atoms with Crippen LogP contribution in [0.5, 0.6) is 0 Å². The van der Waals surface area contributed by atoms with E-state index in [0.29, 0.717) is 37.3 Å². The molecule has 9 heteroatoms. The van der Waals surface area contributed by atoms with Crippen LogP contribution in [0.4, 0.5) is 13.2 Å². The monoisotopic (exact) mass is 419 g/mol. The molecule has 1 fully saturated rings. The number of piperazine rings is 1.